The second-order valence-electron chi connectivity index (χ2n) is 4.75. The first-order valence-corrected chi connectivity index (χ1v) is 7.71. The first-order chi connectivity index (χ1) is 9.03. The van der Waals surface area contributed by atoms with Gasteiger partial charge in [0.15, 0.2) is 0 Å². The number of benzene rings is 1. The van der Waals surface area contributed by atoms with E-state index in [-0.39, 0.29) is 4.90 Å². The minimum absolute atomic E-state index is 0.139. The van der Waals surface area contributed by atoms with Crippen molar-refractivity contribution in [2.45, 2.75) is 23.8 Å². The summed E-state index contributed by atoms with van der Waals surface area (Å²) >= 11 is 0. The van der Waals surface area contributed by atoms with Gasteiger partial charge >= 0.3 is 0 Å². The molecule has 0 spiro atoms. The second kappa shape index (κ2) is 5.70. The van der Waals surface area contributed by atoms with Crippen LogP contribution in [0, 0.1) is 11.3 Å². The molecule has 102 valence electrons. The van der Waals surface area contributed by atoms with Crippen molar-refractivity contribution < 1.29 is 8.42 Å². The monoisotopic (exact) mass is 279 g/mol. The third kappa shape index (κ3) is 3.77. The lowest BCUT2D eigenvalue weighted by Gasteiger charge is -2.15. The van der Waals surface area contributed by atoms with E-state index < -0.39 is 10.0 Å². The molecule has 1 aromatic carbocycles. The molecule has 6 heteroatoms. The Balaban J connectivity index is 1.95. The molecule has 0 saturated heterocycles. The van der Waals surface area contributed by atoms with Gasteiger partial charge in [-0.15, -0.1) is 0 Å². The number of likely N-dealkylation sites (N-methyl/N-ethyl adjacent to an activating group) is 1. The van der Waals surface area contributed by atoms with Crippen LogP contribution in [0.4, 0.5) is 0 Å². The summed E-state index contributed by atoms with van der Waals surface area (Å²) in [4.78, 5) is 2.30. The molecule has 1 fully saturated rings. The Morgan fingerprint density at radius 1 is 1.47 bits per heavy atom. The Morgan fingerprint density at radius 3 is 2.84 bits per heavy atom. The normalized spacial score (nSPS) is 15.4. The Hall–Kier alpha value is -1.42. The Bertz CT molecular complexity index is 588. The molecule has 0 radical (unpaired) electrons. The lowest BCUT2D eigenvalue weighted by Crippen LogP contribution is -2.34. The maximum Gasteiger partial charge on any atom is 0.240 e. The number of hydrogen-bond acceptors (Lipinski definition) is 4. The van der Waals surface area contributed by atoms with Gasteiger partial charge < -0.3 is 4.90 Å². The zero-order valence-electron chi connectivity index (χ0n) is 10.8. The van der Waals surface area contributed by atoms with Gasteiger partial charge in [-0.25, -0.2) is 13.1 Å². The van der Waals surface area contributed by atoms with E-state index in [4.69, 9.17) is 5.26 Å². The van der Waals surface area contributed by atoms with Gasteiger partial charge in [-0.2, -0.15) is 5.26 Å². The van der Waals surface area contributed by atoms with Crippen molar-refractivity contribution >= 4 is 10.0 Å². The van der Waals surface area contributed by atoms with Crippen LogP contribution in [-0.4, -0.2) is 39.5 Å². The smallest absolute Gasteiger partial charge is 0.240 e. The zero-order valence-corrected chi connectivity index (χ0v) is 11.7. The molecule has 5 nitrogen and oxygen atoms in total. The molecule has 2 rings (SSSR count). The molecule has 1 N–H and O–H groups in total. The van der Waals surface area contributed by atoms with Gasteiger partial charge in [0, 0.05) is 19.1 Å². The van der Waals surface area contributed by atoms with Crippen molar-refractivity contribution in [1.82, 2.24) is 9.62 Å². The van der Waals surface area contributed by atoms with Crippen LogP contribution < -0.4 is 4.72 Å². The van der Waals surface area contributed by atoms with Crippen LogP contribution in [0.25, 0.3) is 0 Å². The van der Waals surface area contributed by atoms with Crippen molar-refractivity contribution in [3.8, 4) is 6.07 Å². The van der Waals surface area contributed by atoms with Crippen molar-refractivity contribution in [1.29, 1.82) is 5.26 Å². The van der Waals surface area contributed by atoms with E-state index >= 15 is 0 Å². The standard InChI is InChI=1S/C13H17N3O2S/c1-16(12-5-6-12)8-7-15-19(17,18)13-4-2-3-11(9-13)10-14/h2-4,9,12,15H,5-8H2,1H3. The highest BCUT2D eigenvalue weighted by Gasteiger charge is 2.25. The Labute approximate surface area is 113 Å². The average Bonchev–Trinajstić information content (AvgIpc) is 3.23. The first kappa shape index (κ1) is 14.0. The fourth-order valence-corrected chi connectivity index (χ4v) is 2.94. The average molecular weight is 279 g/mol. The van der Waals surface area contributed by atoms with E-state index in [0.29, 0.717) is 24.7 Å². The number of nitrogens with one attached hydrogen (secondary N) is 1. The van der Waals surface area contributed by atoms with E-state index in [0.717, 1.165) is 0 Å². The Kier molecular flexibility index (Phi) is 4.20. The summed E-state index contributed by atoms with van der Waals surface area (Å²) in [5.41, 5.74) is 0.345. The van der Waals surface area contributed by atoms with Crippen molar-refractivity contribution in [2.24, 2.45) is 0 Å². The minimum Gasteiger partial charge on any atom is -0.302 e. The lowest BCUT2D eigenvalue weighted by molar-refractivity contribution is 0.329. The van der Waals surface area contributed by atoms with Gasteiger partial charge in [0.2, 0.25) is 10.0 Å². The third-order valence-corrected chi connectivity index (χ3v) is 4.66. The van der Waals surface area contributed by atoms with E-state index in [2.05, 4.69) is 9.62 Å². The summed E-state index contributed by atoms with van der Waals surface area (Å²) in [6.07, 6.45) is 2.40. The molecule has 0 bridgehead atoms. The summed E-state index contributed by atoms with van der Waals surface area (Å²) in [6.45, 7) is 1.08. The lowest BCUT2D eigenvalue weighted by atomic mass is 10.2. The molecular weight excluding hydrogens is 262 g/mol. The topological polar surface area (TPSA) is 73.2 Å². The van der Waals surface area contributed by atoms with Gasteiger partial charge in [-0.05, 0) is 38.1 Å². The number of rotatable bonds is 6. The minimum atomic E-state index is -3.52. The van der Waals surface area contributed by atoms with Gasteiger partial charge in [0.05, 0.1) is 16.5 Å². The first-order valence-electron chi connectivity index (χ1n) is 6.23. The highest BCUT2D eigenvalue weighted by atomic mass is 32.2. The van der Waals surface area contributed by atoms with Gasteiger partial charge in [0.25, 0.3) is 0 Å². The number of hydrogen-bond donors (Lipinski definition) is 1. The van der Waals surface area contributed by atoms with E-state index in [1.807, 2.05) is 13.1 Å². The summed E-state index contributed by atoms with van der Waals surface area (Å²) in [6, 6.07) is 8.59. The molecule has 1 aliphatic rings. The SMILES string of the molecule is CN(CCNS(=O)(=O)c1cccc(C#N)c1)C1CC1. The third-order valence-electron chi connectivity index (χ3n) is 3.20. The molecular formula is C13H17N3O2S. The fraction of sp³-hybridized carbons (Fsp3) is 0.462. The molecule has 19 heavy (non-hydrogen) atoms. The molecule has 0 unspecified atom stereocenters. The molecule has 0 heterocycles. The van der Waals surface area contributed by atoms with E-state index in [1.165, 1.54) is 25.0 Å². The summed E-state index contributed by atoms with van der Waals surface area (Å²) in [5, 5.41) is 8.77. The quantitative estimate of drug-likeness (QED) is 0.840. The molecule has 1 aliphatic carbocycles. The van der Waals surface area contributed by atoms with E-state index in [1.54, 1.807) is 12.1 Å². The summed E-state index contributed by atoms with van der Waals surface area (Å²) in [5.74, 6) is 0. The zero-order chi connectivity index (χ0) is 13.9. The molecule has 0 amide bonds. The molecule has 0 aliphatic heterocycles. The molecule has 1 aromatic rings. The predicted octanol–water partition coefficient (Wildman–Crippen LogP) is 0.931. The fourth-order valence-electron chi connectivity index (χ4n) is 1.87. The van der Waals surface area contributed by atoms with Crippen LogP contribution in [0.15, 0.2) is 29.2 Å². The highest BCUT2D eigenvalue weighted by molar-refractivity contribution is 7.89. The van der Waals surface area contributed by atoms with Crippen LogP contribution in [0.5, 0.6) is 0 Å². The van der Waals surface area contributed by atoms with Gasteiger partial charge in [-0.1, -0.05) is 6.07 Å². The molecule has 1 saturated carbocycles. The maximum atomic E-state index is 12.0. The van der Waals surface area contributed by atoms with Gasteiger partial charge in [0.1, 0.15) is 0 Å². The van der Waals surface area contributed by atoms with Crippen LogP contribution in [0.3, 0.4) is 0 Å². The summed E-state index contributed by atoms with van der Waals surface area (Å²) in [7, 11) is -1.52. The summed E-state index contributed by atoms with van der Waals surface area (Å²) < 4.78 is 26.6. The number of sulfonamides is 1. The molecule has 0 aromatic heterocycles. The second-order valence-corrected chi connectivity index (χ2v) is 6.52. The predicted molar refractivity (Wildman–Crippen MR) is 72.0 cm³/mol. The van der Waals surface area contributed by atoms with Gasteiger partial charge in [-0.3, -0.25) is 0 Å². The van der Waals surface area contributed by atoms with E-state index in [9.17, 15) is 8.42 Å². The highest BCUT2D eigenvalue weighted by Crippen LogP contribution is 2.24. The van der Waals surface area contributed by atoms with Crippen molar-refractivity contribution in [3.05, 3.63) is 29.8 Å². The van der Waals surface area contributed by atoms with Crippen molar-refractivity contribution in [3.63, 3.8) is 0 Å². The Morgan fingerprint density at radius 2 is 2.21 bits per heavy atom. The van der Waals surface area contributed by atoms with Crippen LogP contribution in [0.2, 0.25) is 0 Å². The van der Waals surface area contributed by atoms with Crippen LogP contribution >= 0.6 is 0 Å². The largest absolute Gasteiger partial charge is 0.302 e. The van der Waals surface area contributed by atoms with Crippen LogP contribution in [0.1, 0.15) is 18.4 Å². The van der Waals surface area contributed by atoms with Crippen LogP contribution in [-0.2, 0) is 10.0 Å². The van der Waals surface area contributed by atoms with Crippen molar-refractivity contribution in [2.75, 3.05) is 20.1 Å². The molecule has 0 atom stereocenters. The number of nitriles is 1. The number of nitrogens with zero attached hydrogens (tertiary/aromatic N) is 2. The maximum absolute atomic E-state index is 12.0.